The van der Waals surface area contributed by atoms with E-state index in [1.807, 2.05) is 0 Å². The van der Waals surface area contributed by atoms with Crippen LogP contribution in [0.15, 0.2) is 0 Å². The molecule has 0 fully saturated rings. The maximum Gasteiger partial charge on any atom is 0 e. The monoisotopic (exact) mass is 258 g/mol. The van der Waals surface area contributed by atoms with Crippen molar-refractivity contribution in [2.75, 3.05) is 0 Å². The van der Waals surface area contributed by atoms with Crippen LogP contribution in [0, 0.1) is 12.3 Å². The molecular formula is C11H23NY-2. The summed E-state index contributed by atoms with van der Waals surface area (Å²) in [6.07, 6.45) is 0.890. The minimum Gasteiger partial charge on any atom is -0.656 e. The van der Waals surface area contributed by atoms with Gasteiger partial charge in [0.15, 0.2) is 0 Å². The van der Waals surface area contributed by atoms with Crippen molar-refractivity contribution in [1.29, 1.82) is 0 Å². The molecule has 1 atom stereocenters. The molecule has 2 heteroatoms. The fourth-order valence-electron chi connectivity index (χ4n) is 1.16. The third-order valence-electron chi connectivity index (χ3n) is 1.82. The molecule has 0 amide bonds. The molecule has 0 aliphatic carbocycles. The van der Waals surface area contributed by atoms with Crippen molar-refractivity contribution < 1.29 is 32.7 Å². The molecule has 0 aliphatic rings. The zero-order valence-corrected chi connectivity index (χ0v) is 12.9. The topological polar surface area (TPSA) is 14.1 Å². The SMILES string of the molecule is [CH2-]CC([N-]C(C)(C)C)C(C)(C)C.[Y]. The van der Waals surface area contributed by atoms with Crippen LogP contribution in [0.3, 0.4) is 0 Å². The maximum absolute atomic E-state index is 4.74. The summed E-state index contributed by atoms with van der Waals surface area (Å²) in [5.74, 6) is 0. The van der Waals surface area contributed by atoms with E-state index in [1.165, 1.54) is 0 Å². The van der Waals surface area contributed by atoms with E-state index in [0.717, 1.165) is 6.42 Å². The minimum absolute atomic E-state index is 0. The van der Waals surface area contributed by atoms with Gasteiger partial charge in [0.25, 0.3) is 0 Å². The van der Waals surface area contributed by atoms with Gasteiger partial charge in [0.2, 0.25) is 0 Å². The Morgan fingerprint density at radius 2 is 1.46 bits per heavy atom. The van der Waals surface area contributed by atoms with E-state index < -0.39 is 0 Å². The first-order valence-electron chi connectivity index (χ1n) is 4.68. The van der Waals surface area contributed by atoms with Crippen molar-refractivity contribution >= 4 is 0 Å². The first kappa shape index (κ1) is 16.5. The summed E-state index contributed by atoms with van der Waals surface area (Å²) >= 11 is 0. The quantitative estimate of drug-likeness (QED) is 0.669. The van der Waals surface area contributed by atoms with Gasteiger partial charge in [0.05, 0.1) is 0 Å². The zero-order valence-electron chi connectivity index (χ0n) is 10.0. The van der Waals surface area contributed by atoms with Gasteiger partial charge in [-0.2, -0.15) is 12.5 Å². The van der Waals surface area contributed by atoms with Crippen LogP contribution in [0.5, 0.6) is 0 Å². The molecule has 0 aliphatic heterocycles. The number of hydrogen-bond acceptors (Lipinski definition) is 0. The Balaban J connectivity index is 0. The van der Waals surface area contributed by atoms with Crippen molar-refractivity contribution in [3.63, 3.8) is 0 Å². The van der Waals surface area contributed by atoms with Crippen LogP contribution in [0.4, 0.5) is 0 Å². The van der Waals surface area contributed by atoms with Gasteiger partial charge in [-0.1, -0.05) is 47.0 Å². The largest absolute Gasteiger partial charge is 0.656 e. The average Bonchev–Trinajstić information content (AvgIpc) is 1.78. The van der Waals surface area contributed by atoms with Crippen LogP contribution in [0.1, 0.15) is 48.0 Å². The maximum atomic E-state index is 4.74. The van der Waals surface area contributed by atoms with E-state index in [9.17, 15) is 0 Å². The molecule has 0 bridgehead atoms. The van der Waals surface area contributed by atoms with Crippen molar-refractivity contribution in [2.24, 2.45) is 5.41 Å². The second-order valence-corrected chi connectivity index (χ2v) is 5.47. The third-order valence-corrected chi connectivity index (χ3v) is 1.82. The molecule has 77 valence electrons. The zero-order chi connectivity index (χ0) is 9.99. The van der Waals surface area contributed by atoms with E-state index in [1.54, 1.807) is 0 Å². The van der Waals surface area contributed by atoms with Gasteiger partial charge in [-0.3, -0.25) is 0 Å². The van der Waals surface area contributed by atoms with E-state index in [-0.39, 0.29) is 43.7 Å². The molecule has 1 nitrogen and oxygen atoms in total. The van der Waals surface area contributed by atoms with Gasteiger partial charge < -0.3 is 12.2 Å². The van der Waals surface area contributed by atoms with Crippen LogP contribution in [-0.2, 0) is 32.7 Å². The molecule has 0 saturated carbocycles. The standard InChI is InChI=1S/C11H23N.Y/c1-8-9(10(2,3)4)12-11(5,6)7;/h9H,1,8H2,2-7H3;/q-2;. The Morgan fingerprint density at radius 1 is 1.08 bits per heavy atom. The predicted molar refractivity (Wildman–Crippen MR) is 56.3 cm³/mol. The van der Waals surface area contributed by atoms with Crippen molar-refractivity contribution in [3.05, 3.63) is 12.2 Å². The van der Waals surface area contributed by atoms with Gasteiger partial charge in [0.1, 0.15) is 0 Å². The Hall–Kier alpha value is 1.06. The van der Waals surface area contributed by atoms with Crippen LogP contribution in [-0.4, -0.2) is 11.6 Å². The first-order chi connectivity index (χ1) is 5.17. The van der Waals surface area contributed by atoms with Gasteiger partial charge >= 0.3 is 0 Å². The minimum atomic E-state index is 0. The molecule has 0 aromatic rings. The molecule has 0 saturated heterocycles. The number of hydrogen-bond donors (Lipinski definition) is 0. The van der Waals surface area contributed by atoms with Crippen molar-refractivity contribution in [1.82, 2.24) is 0 Å². The van der Waals surface area contributed by atoms with Crippen LogP contribution >= 0.6 is 0 Å². The molecule has 13 heavy (non-hydrogen) atoms. The molecule has 0 spiro atoms. The Labute approximate surface area is 109 Å². The fraction of sp³-hybridized carbons (Fsp3) is 0.909. The van der Waals surface area contributed by atoms with E-state index in [0.29, 0.717) is 6.04 Å². The molecule has 0 aromatic carbocycles. The third kappa shape index (κ3) is 8.08. The molecule has 0 rings (SSSR count). The van der Waals surface area contributed by atoms with E-state index in [4.69, 9.17) is 5.32 Å². The predicted octanol–water partition coefficient (Wildman–Crippen LogP) is 3.79. The van der Waals surface area contributed by atoms with Crippen LogP contribution < -0.4 is 0 Å². The Morgan fingerprint density at radius 3 is 1.54 bits per heavy atom. The molecule has 1 unspecified atom stereocenters. The Bertz CT molecular complexity index is 130. The Kier molecular flexibility index (Phi) is 7.39. The molecule has 0 heterocycles. The van der Waals surface area contributed by atoms with Gasteiger partial charge in [-0.25, -0.2) is 0 Å². The number of rotatable bonds is 2. The van der Waals surface area contributed by atoms with Gasteiger partial charge in [0, 0.05) is 32.7 Å². The van der Waals surface area contributed by atoms with Gasteiger partial charge in [-0.05, 0) is 0 Å². The smallest absolute Gasteiger partial charge is 0 e. The number of nitrogens with zero attached hydrogens (tertiary/aromatic N) is 1. The normalized spacial score (nSPS) is 15.0. The molecule has 0 aromatic heterocycles. The summed E-state index contributed by atoms with van der Waals surface area (Å²) in [5.41, 5.74) is 0.310. The van der Waals surface area contributed by atoms with Crippen LogP contribution in [0.2, 0.25) is 0 Å². The first-order valence-corrected chi connectivity index (χ1v) is 4.68. The average molecular weight is 258 g/mol. The van der Waals surface area contributed by atoms with Crippen LogP contribution in [0.25, 0.3) is 5.32 Å². The van der Waals surface area contributed by atoms with Gasteiger partial charge in [-0.15, -0.1) is 5.54 Å². The summed E-state index contributed by atoms with van der Waals surface area (Å²) in [6.45, 7) is 17.0. The van der Waals surface area contributed by atoms with E-state index >= 15 is 0 Å². The van der Waals surface area contributed by atoms with E-state index in [2.05, 4.69) is 48.5 Å². The molecular weight excluding hydrogens is 235 g/mol. The van der Waals surface area contributed by atoms with Crippen molar-refractivity contribution in [2.45, 2.75) is 59.5 Å². The summed E-state index contributed by atoms with van der Waals surface area (Å²) < 4.78 is 0. The summed E-state index contributed by atoms with van der Waals surface area (Å²) in [5, 5.41) is 4.74. The molecule has 1 radical (unpaired) electrons. The second kappa shape index (κ2) is 5.83. The summed E-state index contributed by atoms with van der Waals surface area (Å²) in [4.78, 5) is 0. The summed E-state index contributed by atoms with van der Waals surface area (Å²) in [7, 11) is 0. The second-order valence-electron chi connectivity index (χ2n) is 5.47. The van der Waals surface area contributed by atoms with Crippen molar-refractivity contribution in [3.8, 4) is 0 Å². The summed E-state index contributed by atoms with van der Waals surface area (Å²) in [6, 6.07) is 0.373. The molecule has 0 N–H and O–H groups in total. The fourth-order valence-corrected chi connectivity index (χ4v) is 1.16.